The highest BCUT2D eigenvalue weighted by molar-refractivity contribution is 7.09. The zero-order chi connectivity index (χ0) is 31.0. The molecule has 3 aromatic rings. The third-order valence-corrected chi connectivity index (χ3v) is 8.76. The Morgan fingerprint density at radius 2 is 1.65 bits per heavy atom. The third kappa shape index (κ3) is 8.80. The molecular formula is C34H45N3O5S. The summed E-state index contributed by atoms with van der Waals surface area (Å²) in [5, 5.41) is 2.77. The number of carbonyl (C=O) groups excluding carboxylic acids is 2. The van der Waals surface area contributed by atoms with Crippen molar-refractivity contribution in [3.63, 3.8) is 0 Å². The molecule has 0 radical (unpaired) electrons. The smallest absolute Gasteiger partial charge is 0.309 e. The average Bonchev–Trinajstić information content (AvgIpc) is 3.47. The Kier molecular flexibility index (Phi) is 11.2. The summed E-state index contributed by atoms with van der Waals surface area (Å²) in [6, 6.07) is 14.9. The molecule has 2 aromatic carbocycles. The van der Waals surface area contributed by atoms with Crippen molar-refractivity contribution in [2.45, 2.75) is 65.5 Å². The van der Waals surface area contributed by atoms with Crippen LogP contribution >= 0.6 is 11.3 Å². The number of hydrogen-bond donors (Lipinski definition) is 0. The minimum absolute atomic E-state index is 0.0699. The van der Waals surface area contributed by atoms with E-state index in [4.69, 9.17) is 19.2 Å². The fourth-order valence-corrected chi connectivity index (χ4v) is 6.13. The van der Waals surface area contributed by atoms with E-state index in [2.05, 4.69) is 56.0 Å². The van der Waals surface area contributed by atoms with Crippen LogP contribution in [-0.4, -0.2) is 67.1 Å². The summed E-state index contributed by atoms with van der Waals surface area (Å²) in [6.07, 6.45) is 2.08. The van der Waals surface area contributed by atoms with Gasteiger partial charge in [0, 0.05) is 31.6 Å². The predicted molar refractivity (Wildman–Crippen MR) is 170 cm³/mol. The highest BCUT2D eigenvalue weighted by Crippen LogP contribution is 2.28. The molecule has 1 saturated heterocycles. The Balaban J connectivity index is 1.44. The van der Waals surface area contributed by atoms with Crippen LogP contribution in [-0.2, 0) is 34.5 Å². The van der Waals surface area contributed by atoms with Crippen LogP contribution in [0.5, 0.6) is 11.5 Å². The van der Waals surface area contributed by atoms with Gasteiger partial charge in [-0.3, -0.25) is 14.5 Å². The lowest BCUT2D eigenvalue weighted by molar-refractivity contribution is -0.149. The van der Waals surface area contributed by atoms with Crippen molar-refractivity contribution >= 4 is 23.2 Å². The number of nitrogens with zero attached hydrogens (tertiary/aromatic N) is 3. The van der Waals surface area contributed by atoms with Crippen LogP contribution in [0.1, 0.15) is 72.7 Å². The molecule has 0 atom stereocenters. The second kappa shape index (κ2) is 14.8. The number of hydrogen-bond acceptors (Lipinski definition) is 8. The van der Waals surface area contributed by atoms with Gasteiger partial charge in [0.2, 0.25) is 0 Å². The Labute approximate surface area is 260 Å². The summed E-state index contributed by atoms with van der Waals surface area (Å²) in [4.78, 5) is 34.3. The largest absolute Gasteiger partial charge is 0.493 e. The van der Waals surface area contributed by atoms with Crippen LogP contribution < -0.4 is 9.47 Å². The SMILES string of the molecule is CCOC(=O)C1CCN(C(=O)c2csc(CN(CCc3ccc(OC)c(OC)c3)Cc3ccc(C(C)(C)C)cc3)n2)CC1. The highest BCUT2D eigenvalue weighted by atomic mass is 32.1. The summed E-state index contributed by atoms with van der Waals surface area (Å²) >= 11 is 1.52. The molecule has 0 unspecified atom stereocenters. The average molecular weight is 608 g/mol. The van der Waals surface area contributed by atoms with Crippen molar-refractivity contribution in [2.75, 3.05) is 40.5 Å². The molecule has 1 aliphatic rings. The molecule has 9 heteroatoms. The molecule has 232 valence electrons. The molecular weight excluding hydrogens is 562 g/mol. The summed E-state index contributed by atoms with van der Waals surface area (Å²) in [5.41, 5.74) is 4.28. The molecule has 0 N–H and O–H groups in total. The van der Waals surface area contributed by atoms with E-state index >= 15 is 0 Å². The first-order valence-electron chi connectivity index (χ1n) is 15.0. The maximum Gasteiger partial charge on any atom is 0.309 e. The van der Waals surface area contributed by atoms with Crippen LogP contribution in [0.4, 0.5) is 0 Å². The van der Waals surface area contributed by atoms with Crippen molar-refractivity contribution in [1.29, 1.82) is 0 Å². The minimum Gasteiger partial charge on any atom is -0.493 e. The van der Waals surface area contributed by atoms with Gasteiger partial charge >= 0.3 is 5.97 Å². The molecule has 0 saturated carbocycles. The number of methoxy groups -OCH3 is 2. The third-order valence-electron chi connectivity index (χ3n) is 7.92. The lowest BCUT2D eigenvalue weighted by Gasteiger charge is -2.30. The monoisotopic (exact) mass is 607 g/mol. The lowest BCUT2D eigenvalue weighted by atomic mass is 9.87. The molecule has 8 nitrogen and oxygen atoms in total. The van der Waals surface area contributed by atoms with E-state index in [1.807, 2.05) is 24.4 Å². The van der Waals surface area contributed by atoms with Gasteiger partial charge in [-0.25, -0.2) is 4.98 Å². The van der Waals surface area contributed by atoms with E-state index in [1.165, 1.54) is 22.5 Å². The predicted octanol–water partition coefficient (Wildman–Crippen LogP) is 6.12. The first-order valence-corrected chi connectivity index (χ1v) is 15.9. The van der Waals surface area contributed by atoms with Crippen molar-refractivity contribution < 1.29 is 23.8 Å². The zero-order valence-electron chi connectivity index (χ0n) is 26.4. The highest BCUT2D eigenvalue weighted by Gasteiger charge is 2.29. The van der Waals surface area contributed by atoms with Gasteiger partial charge in [0.05, 0.1) is 33.3 Å². The van der Waals surface area contributed by atoms with Gasteiger partial charge in [-0.2, -0.15) is 0 Å². The molecule has 43 heavy (non-hydrogen) atoms. The number of amides is 1. The maximum atomic E-state index is 13.2. The number of ether oxygens (including phenoxy) is 3. The van der Waals surface area contributed by atoms with Crippen LogP contribution in [0.3, 0.4) is 0 Å². The summed E-state index contributed by atoms with van der Waals surface area (Å²) in [6.45, 7) is 12.2. The zero-order valence-corrected chi connectivity index (χ0v) is 27.2. The van der Waals surface area contributed by atoms with Crippen LogP contribution in [0, 0.1) is 5.92 Å². The van der Waals surface area contributed by atoms with Crippen molar-refractivity contribution in [2.24, 2.45) is 5.92 Å². The first-order chi connectivity index (χ1) is 20.6. The molecule has 4 rings (SSSR count). The number of piperidine rings is 1. The van der Waals surface area contributed by atoms with Gasteiger partial charge in [0.25, 0.3) is 5.91 Å². The number of benzene rings is 2. The fraction of sp³-hybridized carbons (Fsp3) is 0.500. The number of aromatic nitrogens is 1. The molecule has 1 amide bonds. The Bertz CT molecular complexity index is 1360. The normalized spacial score (nSPS) is 14.2. The van der Waals surface area contributed by atoms with Gasteiger partial charge < -0.3 is 19.1 Å². The second-order valence-corrected chi connectivity index (χ2v) is 13.0. The Morgan fingerprint density at radius 1 is 0.977 bits per heavy atom. The Morgan fingerprint density at radius 3 is 2.28 bits per heavy atom. The van der Waals surface area contributed by atoms with E-state index in [0.29, 0.717) is 50.5 Å². The standard InChI is InChI=1S/C34H45N3O5S/c1-7-42-33(39)26-15-18-37(19-16-26)32(38)28-23-43-31(35-28)22-36(21-25-8-11-27(12-9-25)34(2,3)4)17-14-24-10-13-29(40-5)30(20-24)41-6/h8-13,20,23,26H,7,14-19,21-22H2,1-6H3. The van der Waals surface area contributed by atoms with E-state index < -0.39 is 0 Å². The number of rotatable bonds is 12. The topological polar surface area (TPSA) is 81.2 Å². The van der Waals surface area contributed by atoms with E-state index in [9.17, 15) is 9.59 Å². The first kappa shape index (κ1) is 32.5. The van der Waals surface area contributed by atoms with Gasteiger partial charge in [-0.1, -0.05) is 51.1 Å². The maximum absolute atomic E-state index is 13.2. The molecule has 1 fully saturated rings. The summed E-state index contributed by atoms with van der Waals surface area (Å²) in [5.74, 6) is 1.07. The minimum atomic E-state index is -0.160. The molecule has 0 aliphatic carbocycles. The van der Waals surface area contributed by atoms with Gasteiger partial charge in [0.15, 0.2) is 11.5 Å². The number of carbonyl (C=O) groups is 2. The molecule has 0 spiro atoms. The number of thiazole rings is 1. The second-order valence-electron chi connectivity index (χ2n) is 12.0. The van der Waals surface area contributed by atoms with Gasteiger partial charge in [-0.15, -0.1) is 11.3 Å². The van der Waals surface area contributed by atoms with Gasteiger partial charge in [-0.05, 0) is 60.4 Å². The van der Waals surface area contributed by atoms with Crippen LogP contribution in [0.15, 0.2) is 47.8 Å². The summed E-state index contributed by atoms with van der Waals surface area (Å²) in [7, 11) is 3.29. The fourth-order valence-electron chi connectivity index (χ4n) is 5.32. The van der Waals surface area contributed by atoms with Crippen molar-refractivity contribution in [1.82, 2.24) is 14.8 Å². The van der Waals surface area contributed by atoms with Crippen LogP contribution in [0.2, 0.25) is 0 Å². The van der Waals surface area contributed by atoms with Crippen molar-refractivity contribution in [3.05, 3.63) is 75.2 Å². The lowest BCUT2D eigenvalue weighted by Crippen LogP contribution is -2.40. The van der Waals surface area contributed by atoms with Gasteiger partial charge in [0.1, 0.15) is 10.7 Å². The Hall–Kier alpha value is -3.43. The van der Waals surface area contributed by atoms with Crippen molar-refractivity contribution in [3.8, 4) is 11.5 Å². The van der Waals surface area contributed by atoms with E-state index in [1.54, 1.807) is 19.1 Å². The summed E-state index contributed by atoms with van der Waals surface area (Å²) < 4.78 is 16.1. The number of likely N-dealkylation sites (tertiary alicyclic amines) is 1. The number of esters is 1. The quantitative estimate of drug-likeness (QED) is 0.230. The molecule has 2 heterocycles. The van der Waals surface area contributed by atoms with E-state index in [-0.39, 0.29) is 23.2 Å². The molecule has 1 aromatic heterocycles. The van der Waals surface area contributed by atoms with Crippen LogP contribution in [0.25, 0.3) is 0 Å². The van der Waals surface area contributed by atoms with E-state index in [0.717, 1.165) is 35.8 Å². The molecule has 0 bridgehead atoms. The molecule has 1 aliphatic heterocycles.